The van der Waals surface area contributed by atoms with E-state index >= 15 is 0 Å². The van der Waals surface area contributed by atoms with Crippen LogP contribution in [0.2, 0.25) is 0 Å². The number of hydrogen-bond donors (Lipinski definition) is 2. The summed E-state index contributed by atoms with van der Waals surface area (Å²) in [6.45, 7) is 1.61. The fourth-order valence-corrected chi connectivity index (χ4v) is 4.24. The van der Waals surface area contributed by atoms with Crippen molar-refractivity contribution in [3.8, 4) is 0 Å². The van der Waals surface area contributed by atoms with Gasteiger partial charge < -0.3 is 15.2 Å². The summed E-state index contributed by atoms with van der Waals surface area (Å²) in [4.78, 5) is 29.0. The number of imidazole rings is 1. The Balaban J connectivity index is 1.42. The molecule has 0 unspecified atom stereocenters. The molecular formula is C28H24N4O2. The van der Waals surface area contributed by atoms with Gasteiger partial charge in [-0.2, -0.15) is 0 Å². The predicted octanol–water partition coefficient (Wildman–Crippen LogP) is 5.38. The van der Waals surface area contributed by atoms with Crippen LogP contribution >= 0.6 is 0 Å². The zero-order valence-corrected chi connectivity index (χ0v) is 18.8. The standard InChI is InChI=1S/C28H24N4O2/c1-19(33)29-22-13-15-23(16-14-22)30-28(34)18-32-26-12-5-4-11-25(26)31-27(32)17-21-9-6-8-20-7-2-3-10-24(20)21/h2-16H,17-18H2,1H3,(H,29,33)(H,30,34). The lowest BCUT2D eigenvalue weighted by Crippen LogP contribution is -2.20. The third kappa shape index (κ3) is 4.52. The van der Waals surface area contributed by atoms with E-state index in [1.165, 1.54) is 23.3 Å². The highest BCUT2D eigenvalue weighted by molar-refractivity contribution is 5.93. The van der Waals surface area contributed by atoms with Gasteiger partial charge >= 0.3 is 0 Å². The van der Waals surface area contributed by atoms with Gasteiger partial charge in [0.2, 0.25) is 11.8 Å². The van der Waals surface area contributed by atoms with Gasteiger partial charge in [0.25, 0.3) is 0 Å². The van der Waals surface area contributed by atoms with Crippen LogP contribution in [0.5, 0.6) is 0 Å². The molecule has 2 N–H and O–H groups in total. The number of para-hydroxylation sites is 2. The molecule has 0 saturated carbocycles. The zero-order chi connectivity index (χ0) is 23.5. The maximum Gasteiger partial charge on any atom is 0.244 e. The van der Waals surface area contributed by atoms with E-state index in [0.29, 0.717) is 17.8 Å². The van der Waals surface area contributed by atoms with Gasteiger partial charge in [0, 0.05) is 24.7 Å². The molecule has 0 aliphatic rings. The van der Waals surface area contributed by atoms with Gasteiger partial charge in [-0.1, -0.05) is 54.6 Å². The van der Waals surface area contributed by atoms with Gasteiger partial charge in [-0.05, 0) is 52.7 Å². The molecule has 6 nitrogen and oxygen atoms in total. The lowest BCUT2D eigenvalue weighted by Gasteiger charge is -2.12. The summed E-state index contributed by atoms with van der Waals surface area (Å²) in [5.41, 5.74) is 4.31. The minimum absolute atomic E-state index is 0.137. The highest BCUT2D eigenvalue weighted by Crippen LogP contribution is 2.24. The number of aromatic nitrogens is 2. The van der Waals surface area contributed by atoms with Crippen molar-refractivity contribution in [3.63, 3.8) is 0 Å². The maximum absolute atomic E-state index is 13.0. The molecule has 6 heteroatoms. The Bertz CT molecular complexity index is 1500. The molecule has 1 aromatic heterocycles. The van der Waals surface area contributed by atoms with Crippen molar-refractivity contribution in [1.82, 2.24) is 9.55 Å². The van der Waals surface area contributed by atoms with Gasteiger partial charge in [0.05, 0.1) is 11.0 Å². The molecule has 0 saturated heterocycles. The molecule has 0 radical (unpaired) electrons. The molecule has 0 aliphatic heterocycles. The van der Waals surface area contributed by atoms with Crippen LogP contribution in [0.25, 0.3) is 21.8 Å². The van der Waals surface area contributed by atoms with Crippen molar-refractivity contribution in [2.24, 2.45) is 0 Å². The Morgan fingerprint density at radius 3 is 2.26 bits per heavy atom. The molecule has 168 valence electrons. The molecule has 2 amide bonds. The molecule has 0 fully saturated rings. The van der Waals surface area contributed by atoms with Crippen LogP contribution in [0.4, 0.5) is 11.4 Å². The maximum atomic E-state index is 13.0. The highest BCUT2D eigenvalue weighted by Gasteiger charge is 2.15. The van der Waals surface area contributed by atoms with Gasteiger partial charge in [0.15, 0.2) is 0 Å². The average molecular weight is 449 g/mol. The van der Waals surface area contributed by atoms with Crippen LogP contribution in [-0.4, -0.2) is 21.4 Å². The third-order valence-electron chi connectivity index (χ3n) is 5.75. The first-order valence-electron chi connectivity index (χ1n) is 11.1. The number of benzene rings is 4. The molecule has 5 rings (SSSR count). The van der Waals surface area contributed by atoms with Gasteiger partial charge in [-0.25, -0.2) is 4.98 Å². The minimum Gasteiger partial charge on any atom is -0.326 e. The van der Waals surface area contributed by atoms with E-state index in [9.17, 15) is 9.59 Å². The molecule has 1 heterocycles. The van der Waals surface area contributed by atoms with Crippen LogP contribution in [0.3, 0.4) is 0 Å². The summed E-state index contributed by atoms with van der Waals surface area (Å²) >= 11 is 0. The lowest BCUT2D eigenvalue weighted by molar-refractivity contribution is -0.117. The fraction of sp³-hybridized carbons (Fsp3) is 0.107. The molecule has 4 aromatic carbocycles. The third-order valence-corrected chi connectivity index (χ3v) is 5.75. The summed E-state index contributed by atoms with van der Waals surface area (Å²) in [6, 6.07) is 29.5. The Hall–Kier alpha value is -4.45. The minimum atomic E-state index is -0.144. The predicted molar refractivity (Wildman–Crippen MR) is 136 cm³/mol. The second-order valence-corrected chi connectivity index (χ2v) is 8.22. The summed E-state index contributed by atoms with van der Waals surface area (Å²) in [7, 11) is 0. The zero-order valence-electron chi connectivity index (χ0n) is 18.8. The number of carbonyl (C=O) groups excluding carboxylic acids is 2. The van der Waals surface area contributed by atoms with Gasteiger partial charge in [-0.15, -0.1) is 0 Å². The Kier molecular flexibility index (Phi) is 5.79. The van der Waals surface area contributed by atoms with E-state index in [1.54, 1.807) is 24.3 Å². The fourth-order valence-electron chi connectivity index (χ4n) is 4.24. The number of nitrogens with one attached hydrogen (secondary N) is 2. The summed E-state index contributed by atoms with van der Waals surface area (Å²) < 4.78 is 1.98. The van der Waals surface area contributed by atoms with Crippen molar-refractivity contribution in [2.45, 2.75) is 19.9 Å². The second-order valence-electron chi connectivity index (χ2n) is 8.22. The van der Waals surface area contributed by atoms with Crippen molar-refractivity contribution < 1.29 is 9.59 Å². The van der Waals surface area contributed by atoms with E-state index in [1.807, 2.05) is 41.0 Å². The molecule has 0 bridgehead atoms. The summed E-state index contributed by atoms with van der Waals surface area (Å²) in [5.74, 6) is 0.561. The monoisotopic (exact) mass is 448 g/mol. The van der Waals surface area contributed by atoms with E-state index in [-0.39, 0.29) is 18.4 Å². The number of nitrogens with zero attached hydrogens (tertiary/aromatic N) is 2. The number of fused-ring (bicyclic) bond motifs is 2. The number of amides is 2. The van der Waals surface area contributed by atoms with E-state index in [0.717, 1.165) is 16.9 Å². The Morgan fingerprint density at radius 2 is 1.47 bits per heavy atom. The molecule has 34 heavy (non-hydrogen) atoms. The second kappa shape index (κ2) is 9.19. The molecular weight excluding hydrogens is 424 g/mol. The van der Waals surface area contributed by atoms with Gasteiger partial charge in [0.1, 0.15) is 12.4 Å². The molecule has 0 aliphatic carbocycles. The summed E-state index contributed by atoms with van der Waals surface area (Å²) in [5, 5.41) is 8.04. The first-order chi connectivity index (χ1) is 16.6. The number of rotatable bonds is 6. The first kappa shape index (κ1) is 21.4. The lowest BCUT2D eigenvalue weighted by atomic mass is 10.0. The van der Waals surface area contributed by atoms with Crippen molar-refractivity contribution in [2.75, 3.05) is 10.6 Å². The van der Waals surface area contributed by atoms with E-state index in [2.05, 4.69) is 41.0 Å². The first-order valence-corrected chi connectivity index (χ1v) is 11.1. The molecule has 0 spiro atoms. The number of anilines is 2. The molecule has 5 aromatic rings. The van der Waals surface area contributed by atoms with Crippen molar-refractivity contribution in [1.29, 1.82) is 0 Å². The molecule has 0 atom stereocenters. The van der Waals surface area contributed by atoms with Crippen LogP contribution in [0, 0.1) is 0 Å². The SMILES string of the molecule is CC(=O)Nc1ccc(NC(=O)Cn2c(Cc3cccc4ccccc34)nc3ccccc32)cc1. The largest absolute Gasteiger partial charge is 0.326 e. The van der Waals surface area contributed by atoms with Crippen molar-refractivity contribution in [3.05, 3.63) is 102 Å². The topological polar surface area (TPSA) is 76.0 Å². The van der Waals surface area contributed by atoms with Crippen LogP contribution in [0.15, 0.2) is 91.0 Å². The van der Waals surface area contributed by atoms with Crippen LogP contribution in [0.1, 0.15) is 18.3 Å². The number of carbonyl (C=O) groups is 2. The summed E-state index contributed by atoms with van der Waals surface area (Å²) in [6.07, 6.45) is 0.620. The van der Waals surface area contributed by atoms with Crippen LogP contribution < -0.4 is 10.6 Å². The highest BCUT2D eigenvalue weighted by atomic mass is 16.2. The Morgan fingerprint density at radius 1 is 0.794 bits per heavy atom. The van der Waals surface area contributed by atoms with E-state index < -0.39 is 0 Å². The number of hydrogen-bond acceptors (Lipinski definition) is 3. The van der Waals surface area contributed by atoms with Crippen LogP contribution in [-0.2, 0) is 22.6 Å². The Labute approximate surface area is 197 Å². The normalized spacial score (nSPS) is 11.0. The average Bonchev–Trinajstić information content (AvgIpc) is 3.17. The van der Waals surface area contributed by atoms with Crippen molar-refractivity contribution >= 4 is 45.0 Å². The van der Waals surface area contributed by atoms with E-state index in [4.69, 9.17) is 4.98 Å². The quantitative estimate of drug-likeness (QED) is 0.366. The smallest absolute Gasteiger partial charge is 0.244 e. The van der Waals surface area contributed by atoms with Gasteiger partial charge in [-0.3, -0.25) is 9.59 Å².